The summed E-state index contributed by atoms with van der Waals surface area (Å²) in [5.41, 5.74) is 5.56. The first-order chi connectivity index (χ1) is 4.29. The van der Waals surface area contributed by atoms with Gasteiger partial charge in [0.25, 0.3) is 0 Å². The van der Waals surface area contributed by atoms with Crippen LogP contribution in [0, 0.1) is 0 Å². The van der Waals surface area contributed by atoms with E-state index in [0.717, 1.165) is 19.4 Å². The summed E-state index contributed by atoms with van der Waals surface area (Å²) in [5.74, 6) is 0.0972. The zero-order valence-electron chi connectivity index (χ0n) is 5.80. The summed E-state index contributed by atoms with van der Waals surface area (Å²) in [4.78, 5) is 10.7. The monoisotopic (exact) mass is 164 g/mol. The van der Waals surface area contributed by atoms with Crippen LogP contribution >= 0.6 is 12.4 Å². The summed E-state index contributed by atoms with van der Waals surface area (Å²) in [6.45, 7) is 0.798. The van der Waals surface area contributed by atoms with Crippen LogP contribution in [0.5, 0.6) is 0 Å². The van der Waals surface area contributed by atoms with E-state index >= 15 is 0 Å². The summed E-state index contributed by atoms with van der Waals surface area (Å²) in [6.07, 6.45) is 2.49. The van der Waals surface area contributed by atoms with Crippen LogP contribution in [0.15, 0.2) is 0 Å². The van der Waals surface area contributed by atoms with Gasteiger partial charge in [-0.3, -0.25) is 4.79 Å². The molecule has 0 saturated carbocycles. The molecule has 3 N–H and O–H groups in total. The summed E-state index contributed by atoms with van der Waals surface area (Å²) in [5, 5.41) is 2.76. The molecule has 60 valence electrons. The van der Waals surface area contributed by atoms with Crippen molar-refractivity contribution in [1.29, 1.82) is 0 Å². The van der Waals surface area contributed by atoms with Crippen LogP contribution in [-0.4, -0.2) is 18.5 Å². The maximum atomic E-state index is 10.7. The lowest BCUT2D eigenvalue weighted by atomic mass is 10.1. The Labute approximate surface area is 66.8 Å². The average molecular weight is 165 g/mol. The molecule has 1 amide bonds. The van der Waals surface area contributed by atoms with Crippen molar-refractivity contribution >= 4 is 18.3 Å². The van der Waals surface area contributed by atoms with E-state index in [-0.39, 0.29) is 24.4 Å². The van der Waals surface area contributed by atoms with E-state index in [0.29, 0.717) is 6.42 Å². The minimum Gasteiger partial charge on any atom is -0.356 e. The van der Waals surface area contributed by atoms with Gasteiger partial charge in [0.1, 0.15) is 0 Å². The third kappa shape index (κ3) is 3.03. The van der Waals surface area contributed by atoms with E-state index < -0.39 is 0 Å². The van der Waals surface area contributed by atoms with Gasteiger partial charge in [0.15, 0.2) is 0 Å². The summed E-state index contributed by atoms with van der Waals surface area (Å²) < 4.78 is 0. The molecule has 3 nitrogen and oxygen atoms in total. The molecule has 1 unspecified atom stereocenters. The Balaban J connectivity index is 0.000000810. The van der Waals surface area contributed by atoms with Crippen LogP contribution in [0.2, 0.25) is 0 Å². The standard InChI is InChI=1S/C6H12N2O.ClH/c7-5-2-1-3-8-6(9)4-5;/h5H,1-4,7H2,(H,8,9);1H. The minimum atomic E-state index is 0. The number of rotatable bonds is 0. The van der Waals surface area contributed by atoms with Gasteiger partial charge in [-0.25, -0.2) is 0 Å². The van der Waals surface area contributed by atoms with E-state index in [1.54, 1.807) is 0 Å². The van der Waals surface area contributed by atoms with Gasteiger partial charge in [0, 0.05) is 19.0 Å². The largest absolute Gasteiger partial charge is 0.356 e. The highest BCUT2D eigenvalue weighted by Gasteiger charge is 2.12. The lowest BCUT2D eigenvalue weighted by Gasteiger charge is -2.02. The molecule has 1 rings (SSSR count). The summed E-state index contributed by atoms with van der Waals surface area (Å²) >= 11 is 0. The van der Waals surface area contributed by atoms with Gasteiger partial charge in [-0.15, -0.1) is 12.4 Å². The molecule has 0 aromatic carbocycles. The number of hydrogen-bond donors (Lipinski definition) is 2. The van der Waals surface area contributed by atoms with Crippen LogP contribution in [0.4, 0.5) is 0 Å². The lowest BCUT2D eigenvalue weighted by molar-refractivity contribution is -0.120. The molecular weight excluding hydrogens is 152 g/mol. The average Bonchev–Trinajstić information content (AvgIpc) is 1.93. The molecule has 0 bridgehead atoms. The quantitative estimate of drug-likeness (QED) is 0.531. The fraction of sp³-hybridized carbons (Fsp3) is 0.833. The van der Waals surface area contributed by atoms with E-state index in [1.165, 1.54) is 0 Å². The molecule has 0 aromatic rings. The van der Waals surface area contributed by atoms with Crippen molar-refractivity contribution in [2.24, 2.45) is 5.73 Å². The molecule has 0 radical (unpaired) electrons. The van der Waals surface area contributed by atoms with E-state index in [4.69, 9.17) is 5.73 Å². The molecule has 4 heteroatoms. The zero-order valence-corrected chi connectivity index (χ0v) is 6.62. The van der Waals surface area contributed by atoms with E-state index in [1.807, 2.05) is 0 Å². The van der Waals surface area contributed by atoms with Gasteiger partial charge < -0.3 is 11.1 Å². The Bertz CT molecular complexity index is 118. The van der Waals surface area contributed by atoms with Gasteiger partial charge in [0.05, 0.1) is 0 Å². The van der Waals surface area contributed by atoms with Gasteiger partial charge >= 0.3 is 0 Å². The van der Waals surface area contributed by atoms with Gasteiger partial charge in [0.2, 0.25) is 5.91 Å². The minimum absolute atomic E-state index is 0. The van der Waals surface area contributed by atoms with Crippen LogP contribution in [0.25, 0.3) is 0 Å². The number of halogens is 1. The Hall–Kier alpha value is -0.280. The molecule has 1 saturated heterocycles. The summed E-state index contributed by atoms with van der Waals surface area (Å²) in [6, 6.07) is 0.0903. The normalized spacial score (nSPS) is 26.1. The van der Waals surface area contributed by atoms with Crippen molar-refractivity contribution < 1.29 is 4.79 Å². The number of amides is 1. The first-order valence-electron chi connectivity index (χ1n) is 3.31. The van der Waals surface area contributed by atoms with Crippen LogP contribution < -0.4 is 11.1 Å². The fourth-order valence-electron chi connectivity index (χ4n) is 1.00. The smallest absolute Gasteiger partial charge is 0.221 e. The van der Waals surface area contributed by atoms with Crippen LogP contribution in [0.1, 0.15) is 19.3 Å². The van der Waals surface area contributed by atoms with Gasteiger partial charge in [-0.05, 0) is 12.8 Å². The molecule has 0 spiro atoms. The van der Waals surface area contributed by atoms with E-state index in [9.17, 15) is 4.79 Å². The Morgan fingerprint density at radius 2 is 2.30 bits per heavy atom. The highest BCUT2D eigenvalue weighted by molar-refractivity contribution is 5.85. The molecule has 1 fully saturated rings. The topological polar surface area (TPSA) is 55.1 Å². The van der Waals surface area contributed by atoms with Crippen molar-refractivity contribution in [3.63, 3.8) is 0 Å². The molecule has 1 heterocycles. The first-order valence-corrected chi connectivity index (χ1v) is 3.31. The lowest BCUT2D eigenvalue weighted by Crippen LogP contribution is -2.27. The zero-order chi connectivity index (χ0) is 6.69. The maximum absolute atomic E-state index is 10.7. The molecule has 0 aliphatic carbocycles. The Kier molecular flexibility index (Phi) is 4.40. The predicted molar refractivity (Wildman–Crippen MR) is 42.1 cm³/mol. The Morgan fingerprint density at radius 1 is 1.60 bits per heavy atom. The third-order valence-electron chi connectivity index (χ3n) is 1.52. The molecule has 1 aliphatic rings. The molecular formula is C6H13ClN2O. The second-order valence-electron chi connectivity index (χ2n) is 2.46. The number of carbonyl (C=O) groups excluding carboxylic acids is 1. The second kappa shape index (κ2) is 4.52. The second-order valence-corrected chi connectivity index (χ2v) is 2.46. The molecule has 0 aromatic heterocycles. The number of nitrogens with one attached hydrogen (secondary N) is 1. The third-order valence-corrected chi connectivity index (χ3v) is 1.52. The highest BCUT2D eigenvalue weighted by atomic mass is 35.5. The van der Waals surface area contributed by atoms with Crippen LogP contribution in [0.3, 0.4) is 0 Å². The van der Waals surface area contributed by atoms with E-state index in [2.05, 4.69) is 5.32 Å². The number of hydrogen-bond acceptors (Lipinski definition) is 2. The van der Waals surface area contributed by atoms with Gasteiger partial charge in [-0.2, -0.15) is 0 Å². The SMILES string of the molecule is Cl.NC1CCCNC(=O)C1. The Morgan fingerprint density at radius 3 is 3.00 bits per heavy atom. The van der Waals surface area contributed by atoms with Crippen molar-refractivity contribution in [1.82, 2.24) is 5.32 Å². The maximum Gasteiger partial charge on any atom is 0.221 e. The molecule has 1 aliphatic heterocycles. The molecule has 10 heavy (non-hydrogen) atoms. The van der Waals surface area contributed by atoms with Crippen LogP contribution in [-0.2, 0) is 4.79 Å². The van der Waals surface area contributed by atoms with Crippen molar-refractivity contribution in [3.8, 4) is 0 Å². The van der Waals surface area contributed by atoms with Crippen molar-refractivity contribution in [2.45, 2.75) is 25.3 Å². The van der Waals surface area contributed by atoms with Gasteiger partial charge in [-0.1, -0.05) is 0 Å². The fourth-order valence-corrected chi connectivity index (χ4v) is 1.00. The predicted octanol–water partition coefficient (Wildman–Crippen LogP) is 0.0356. The summed E-state index contributed by atoms with van der Waals surface area (Å²) in [7, 11) is 0. The van der Waals surface area contributed by atoms with Crippen molar-refractivity contribution in [2.75, 3.05) is 6.54 Å². The first kappa shape index (κ1) is 9.72. The number of nitrogens with two attached hydrogens (primary N) is 1. The van der Waals surface area contributed by atoms with Crippen molar-refractivity contribution in [3.05, 3.63) is 0 Å². The number of carbonyl (C=O) groups is 1. The molecule has 1 atom stereocenters. The highest BCUT2D eigenvalue weighted by Crippen LogP contribution is 2.01.